The fourth-order valence-electron chi connectivity index (χ4n) is 4.59. The number of carbonyl (C=O) groups excluding carboxylic acids is 1. The second kappa shape index (κ2) is 9.62. The highest BCUT2D eigenvalue weighted by atomic mass is 16.6. The zero-order valence-corrected chi connectivity index (χ0v) is 20.2. The van der Waals surface area contributed by atoms with Gasteiger partial charge in [0.2, 0.25) is 5.88 Å². The average Bonchev–Trinajstić information content (AvgIpc) is 3.33. The normalized spacial score (nSPS) is 11.2. The third-order valence-electron chi connectivity index (χ3n) is 6.32. The number of fused-ring (bicyclic) bond motifs is 2. The highest BCUT2D eigenvalue weighted by Gasteiger charge is 2.12. The number of carbonyl (C=O) groups is 1. The molecule has 6 aromatic rings. The molecule has 9 heteroatoms. The maximum atomic E-state index is 13.3. The van der Waals surface area contributed by atoms with Gasteiger partial charge in [0.1, 0.15) is 5.65 Å². The molecule has 0 unspecified atom stereocenters. The van der Waals surface area contributed by atoms with E-state index in [1.165, 1.54) is 0 Å². The van der Waals surface area contributed by atoms with E-state index in [4.69, 9.17) is 10.5 Å². The lowest BCUT2D eigenvalue weighted by atomic mass is 10.0. The quantitative estimate of drug-likeness (QED) is 0.365. The Labute approximate surface area is 216 Å². The van der Waals surface area contributed by atoms with Crippen molar-refractivity contribution in [3.05, 3.63) is 125 Å². The van der Waals surface area contributed by atoms with E-state index in [-0.39, 0.29) is 11.4 Å². The third kappa shape index (κ3) is 4.48. The first kappa shape index (κ1) is 23.1. The number of primary amides is 1. The fraction of sp³-hybridized carbons (Fsp3) is 0.0690. The second-order valence-electron chi connectivity index (χ2n) is 8.86. The molecule has 0 aliphatic carbocycles. The minimum Gasteiger partial charge on any atom is -0.391 e. The SMILES string of the molecule is NC(=O)Oc1ncccc1Cc1ccc2nc(Cn3ccc4c(-c5ccccc5)cncc4c3=O)cn2c1. The van der Waals surface area contributed by atoms with Gasteiger partial charge >= 0.3 is 6.09 Å². The Balaban J connectivity index is 1.29. The van der Waals surface area contributed by atoms with Crippen LogP contribution in [0.5, 0.6) is 5.88 Å². The Morgan fingerprint density at radius 3 is 2.66 bits per heavy atom. The van der Waals surface area contributed by atoms with Crippen molar-refractivity contribution >= 4 is 22.5 Å². The van der Waals surface area contributed by atoms with Crippen LogP contribution in [0.3, 0.4) is 0 Å². The van der Waals surface area contributed by atoms with Crippen molar-refractivity contribution in [1.82, 2.24) is 23.9 Å². The molecule has 0 aliphatic rings. The molecule has 0 fully saturated rings. The minimum absolute atomic E-state index is 0.121. The van der Waals surface area contributed by atoms with Crippen molar-refractivity contribution in [2.45, 2.75) is 13.0 Å². The first-order chi connectivity index (χ1) is 18.5. The smallest absolute Gasteiger partial charge is 0.391 e. The van der Waals surface area contributed by atoms with Crippen molar-refractivity contribution in [3.63, 3.8) is 0 Å². The number of benzene rings is 1. The Kier molecular flexibility index (Phi) is 5.85. The summed E-state index contributed by atoms with van der Waals surface area (Å²) in [5.74, 6) is 0.187. The van der Waals surface area contributed by atoms with Gasteiger partial charge in [0.15, 0.2) is 0 Å². The molecule has 0 saturated carbocycles. The summed E-state index contributed by atoms with van der Waals surface area (Å²) in [6, 6.07) is 19.3. The number of hydrogen-bond donors (Lipinski definition) is 1. The summed E-state index contributed by atoms with van der Waals surface area (Å²) in [7, 11) is 0. The highest BCUT2D eigenvalue weighted by molar-refractivity contribution is 5.95. The van der Waals surface area contributed by atoms with Crippen LogP contribution in [0.1, 0.15) is 16.8 Å². The summed E-state index contributed by atoms with van der Waals surface area (Å²) in [5, 5.41) is 1.42. The summed E-state index contributed by atoms with van der Waals surface area (Å²) in [6.45, 7) is 0.320. The van der Waals surface area contributed by atoms with Gasteiger partial charge in [-0.2, -0.15) is 0 Å². The first-order valence-corrected chi connectivity index (χ1v) is 12.0. The number of nitrogens with two attached hydrogens (primary N) is 1. The van der Waals surface area contributed by atoms with Crippen LogP contribution < -0.4 is 16.0 Å². The number of imidazole rings is 1. The summed E-state index contributed by atoms with van der Waals surface area (Å²) >= 11 is 0. The zero-order valence-electron chi connectivity index (χ0n) is 20.2. The molecule has 2 N–H and O–H groups in total. The van der Waals surface area contributed by atoms with E-state index in [2.05, 4.69) is 15.0 Å². The van der Waals surface area contributed by atoms with Crippen LogP contribution in [0.2, 0.25) is 0 Å². The number of amides is 1. The number of nitrogens with zero attached hydrogens (tertiary/aromatic N) is 5. The molecule has 9 nitrogen and oxygen atoms in total. The Morgan fingerprint density at radius 1 is 0.947 bits per heavy atom. The summed E-state index contributed by atoms with van der Waals surface area (Å²) in [5.41, 5.74) is 10.2. The van der Waals surface area contributed by atoms with E-state index >= 15 is 0 Å². The van der Waals surface area contributed by atoms with Crippen LogP contribution in [-0.4, -0.2) is 30.0 Å². The standard InChI is InChI=1S/C29H22N6O3/c30-29(37)38-27-21(7-4-11-32-27)13-19-8-9-26-33-22(18-35(26)16-19)17-34-12-10-23-24(20-5-2-1-3-6-20)14-31-15-25(23)28(34)36/h1-12,14-16,18H,13,17H2,(H2,30,37). The number of rotatable bonds is 6. The Morgan fingerprint density at radius 2 is 1.82 bits per heavy atom. The maximum absolute atomic E-state index is 13.3. The van der Waals surface area contributed by atoms with Gasteiger partial charge in [-0.25, -0.2) is 14.8 Å². The van der Waals surface area contributed by atoms with Crippen LogP contribution in [0.25, 0.3) is 27.5 Å². The molecule has 38 heavy (non-hydrogen) atoms. The van der Waals surface area contributed by atoms with Gasteiger partial charge in [0.05, 0.1) is 17.6 Å². The number of pyridine rings is 4. The molecule has 6 rings (SSSR count). The molecule has 1 amide bonds. The van der Waals surface area contributed by atoms with Gasteiger partial charge < -0.3 is 19.4 Å². The van der Waals surface area contributed by atoms with Gasteiger partial charge in [-0.1, -0.05) is 42.5 Å². The molecule has 0 saturated heterocycles. The molecule has 1 aromatic carbocycles. The van der Waals surface area contributed by atoms with Crippen LogP contribution in [0.15, 0.2) is 103 Å². The maximum Gasteiger partial charge on any atom is 0.411 e. The molecule has 186 valence electrons. The fourth-order valence-corrected chi connectivity index (χ4v) is 4.59. The average molecular weight is 503 g/mol. The van der Waals surface area contributed by atoms with Crippen LogP contribution >= 0.6 is 0 Å². The zero-order chi connectivity index (χ0) is 26.1. The van der Waals surface area contributed by atoms with Crippen molar-refractivity contribution in [1.29, 1.82) is 0 Å². The van der Waals surface area contributed by atoms with Crippen molar-refractivity contribution in [2.24, 2.45) is 5.73 Å². The largest absolute Gasteiger partial charge is 0.411 e. The highest BCUT2D eigenvalue weighted by Crippen LogP contribution is 2.26. The molecule has 5 aromatic heterocycles. The molecule has 0 bridgehead atoms. The monoisotopic (exact) mass is 502 g/mol. The third-order valence-corrected chi connectivity index (χ3v) is 6.32. The van der Waals surface area contributed by atoms with Gasteiger partial charge in [0, 0.05) is 54.7 Å². The van der Waals surface area contributed by atoms with E-state index in [1.807, 2.05) is 71.4 Å². The van der Waals surface area contributed by atoms with Crippen LogP contribution in [0.4, 0.5) is 4.79 Å². The van der Waals surface area contributed by atoms with E-state index in [9.17, 15) is 9.59 Å². The molecule has 0 radical (unpaired) electrons. The molecule has 0 spiro atoms. The van der Waals surface area contributed by atoms with Crippen LogP contribution in [0, 0.1) is 0 Å². The van der Waals surface area contributed by atoms with Crippen molar-refractivity contribution in [2.75, 3.05) is 0 Å². The second-order valence-corrected chi connectivity index (χ2v) is 8.86. The number of ether oxygens (including phenoxy) is 1. The summed E-state index contributed by atoms with van der Waals surface area (Å²) in [6.07, 6.45) is 10.2. The Hall–Kier alpha value is -5.31. The van der Waals surface area contributed by atoms with E-state index in [1.54, 1.807) is 35.4 Å². The molecule has 5 heterocycles. The lowest BCUT2D eigenvalue weighted by molar-refractivity contribution is 0.208. The molecule has 0 atom stereocenters. The lowest BCUT2D eigenvalue weighted by Gasteiger charge is -2.09. The van der Waals surface area contributed by atoms with Gasteiger partial charge in [-0.05, 0) is 34.7 Å². The molecular weight excluding hydrogens is 480 g/mol. The lowest BCUT2D eigenvalue weighted by Crippen LogP contribution is -2.20. The Bertz CT molecular complexity index is 1860. The van der Waals surface area contributed by atoms with Gasteiger partial charge in [-0.3, -0.25) is 9.78 Å². The summed E-state index contributed by atoms with van der Waals surface area (Å²) < 4.78 is 8.58. The van der Waals surface area contributed by atoms with E-state index < -0.39 is 6.09 Å². The summed E-state index contributed by atoms with van der Waals surface area (Å²) in [4.78, 5) is 37.7. The van der Waals surface area contributed by atoms with Gasteiger partial charge in [-0.15, -0.1) is 0 Å². The molecule has 0 aliphatic heterocycles. The predicted molar refractivity (Wildman–Crippen MR) is 143 cm³/mol. The number of aromatic nitrogens is 5. The van der Waals surface area contributed by atoms with Gasteiger partial charge in [0.25, 0.3) is 5.56 Å². The molecular formula is C29H22N6O3. The minimum atomic E-state index is -0.907. The topological polar surface area (TPSA) is 117 Å². The predicted octanol–water partition coefficient (Wildman–Crippen LogP) is 4.20. The van der Waals surface area contributed by atoms with E-state index in [0.717, 1.165) is 39.0 Å². The van der Waals surface area contributed by atoms with Crippen molar-refractivity contribution in [3.8, 4) is 17.0 Å². The number of hydrogen-bond acceptors (Lipinski definition) is 6. The van der Waals surface area contributed by atoms with E-state index in [0.29, 0.717) is 18.4 Å². The van der Waals surface area contributed by atoms with Crippen molar-refractivity contribution < 1.29 is 9.53 Å². The first-order valence-electron chi connectivity index (χ1n) is 12.0. The van der Waals surface area contributed by atoms with Crippen LogP contribution in [-0.2, 0) is 13.0 Å².